The van der Waals surface area contributed by atoms with Crippen molar-refractivity contribution in [3.8, 4) is 0 Å². The van der Waals surface area contributed by atoms with E-state index < -0.39 is 0 Å². The van der Waals surface area contributed by atoms with Gasteiger partial charge in [0.25, 0.3) is 0 Å². The van der Waals surface area contributed by atoms with Gasteiger partial charge in [-0.1, -0.05) is 0 Å². The molecule has 1 rings (SSSR count). The first-order chi connectivity index (χ1) is 9.65. The number of anilines is 2. The van der Waals surface area contributed by atoms with Crippen LogP contribution >= 0.6 is 0 Å². The largest absolute Gasteiger partial charge is 0.378 e. The van der Waals surface area contributed by atoms with Gasteiger partial charge in [-0.3, -0.25) is 0 Å². The van der Waals surface area contributed by atoms with E-state index in [1.807, 2.05) is 27.2 Å². The summed E-state index contributed by atoms with van der Waals surface area (Å²) in [6, 6.07) is 1.86. The van der Waals surface area contributed by atoms with Gasteiger partial charge in [0, 0.05) is 33.3 Å². The number of methoxy groups -OCH3 is 1. The van der Waals surface area contributed by atoms with Gasteiger partial charge in [0.05, 0.1) is 13.2 Å². The summed E-state index contributed by atoms with van der Waals surface area (Å²) in [6.45, 7) is 3.40. The molecule has 1 aromatic rings. The van der Waals surface area contributed by atoms with E-state index in [0.717, 1.165) is 24.8 Å². The van der Waals surface area contributed by atoms with Gasteiger partial charge < -0.3 is 25.0 Å². The minimum absolute atomic E-state index is 0.392. The van der Waals surface area contributed by atoms with E-state index >= 15 is 0 Å². The Hall–Kier alpha value is -1.44. The molecule has 20 heavy (non-hydrogen) atoms. The number of ether oxygens (including phenoxy) is 2. The fourth-order valence-electron chi connectivity index (χ4n) is 1.51. The maximum absolute atomic E-state index is 5.51. The van der Waals surface area contributed by atoms with Gasteiger partial charge in [-0.05, 0) is 14.1 Å². The first-order valence-corrected chi connectivity index (χ1v) is 6.66. The molecular formula is C13H25N5O2. The molecule has 7 heteroatoms. The van der Waals surface area contributed by atoms with E-state index in [4.69, 9.17) is 9.47 Å². The second kappa shape index (κ2) is 9.46. The maximum Gasteiger partial charge on any atom is 0.158 e. The fraction of sp³-hybridized carbons (Fsp3) is 0.692. The van der Waals surface area contributed by atoms with E-state index in [2.05, 4.69) is 25.5 Å². The second-order valence-electron chi connectivity index (χ2n) is 4.58. The number of hydrogen-bond donors (Lipinski definition) is 2. The van der Waals surface area contributed by atoms with Crippen LogP contribution < -0.4 is 10.6 Å². The Morgan fingerprint density at radius 2 is 1.95 bits per heavy atom. The topological polar surface area (TPSA) is 71.5 Å². The summed E-state index contributed by atoms with van der Waals surface area (Å²) >= 11 is 0. The molecule has 7 nitrogen and oxygen atoms in total. The normalized spacial score (nSPS) is 10.8. The van der Waals surface area contributed by atoms with Crippen LogP contribution in [0.1, 0.15) is 5.82 Å². The lowest BCUT2D eigenvalue weighted by Gasteiger charge is -2.11. The molecule has 0 spiro atoms. The molecule has 114 valence electrons. The molecule has 0 aliphatic carbocycles. The molecule has 0 atom stereocenters. The van der Waals surface area contributed by atoms with Crippen molar-refractivity contribution in [3.63, 3.8) is 0 Å². The van der Waals surface area contributed by atoms with Crippen LogP contribution in [0.15, 0.2) is 6.07 Å². The van der Waals surface area contributed by atoms with Crippen LogP contribution in [0.5, 0.6) is 0 Å². The Bertz CT molecular complexity index is 387. The molecule has 0 bridgehead atoms. The number of nitrogens with one attached hydrogen (secondary N) is 2. The van der Waals surface area contributed by atoms with Crippen molar-refractivity contribution in [2.45, 2.75) is 6.61 Å². The fourth-order valence-corrected chi connectivity index (χ4v) is 1.51. The van der Waals surface area contributed by atoms with Gasteiger partial charge in [-0.25, -0.2) is 9.97 Å². The number of rotatable bonds is 10. The van der Waals surface area contributed by atoms with Crippen LogP contribution in [0.3, 0.4) is 0 Å². The van der Waals surface area contributed by atoms with Gasteiger partial charge in [0.1, 0.15) is 18.2 Å². The van der Waals surface area contributed by atoms with E-state index in [-0.39, 0.29) is 0 Å². The van der Waals surface area contributed by atoms with E-state index in [1.54, 1.807) is 7.11 Å². The van der Waals surface area contributed by atoms with Gasteiger partial charge in [0.15, 0.2) is 5.82 Å². The van der Waals surface area contributed by atoms with E-state index in [0.29, 0.717) is 25.6 Å². The molecule has 1 aromatic heterocycles. The molecule has 0 amide bonds. The highest BCUT2D eigenvalue weighted by molar-refractivity contribution is 5.47. The Morgan fingerprint density at radius 1 is 1.20 bits per heavy atom. The predicted octanol–water partition coefficient (Wildman–Crippen LogP) is 0.655. The molecule has 2 N–H and O–H groups in total. The van der Waals surface area contributed by atoms with Gasteiger partial charge in [-0.15, -0.1) is 0 Å². The Balaban J connectivity index is 2.36. The summed E-state index contributed by atoms with van der Waals surface area (Å²) in [6.07, 6.45) is 0. The lowest BCUT2D eigenvalue weighted by atomic mass is 10.4. The number of hydrogen-bond acceptors (Lipinski definition) is 7. The summed E-state index contributed by atoms with van der Waals surface area (Å²) in [4.78, 5) is 10.8. The number of aromatic nitrogens is 2. The standard InChI is InChI=1S/C13H25N5O2/c1-14-11-9-12(17-13(16-11)10-19-4)15-5-7-20-8-6-18(2)3/h9H,5-8,10H2,1-4H3,(H2,14,15,16,17). The third-order valence-corrected chi connectivity index (χ3v) is 2.54. The SMILES string of the molecule is CNc1cc(NCCOCCN(C)C)nc(COC)n1. The van der Waals surface area contributed by atoms with Crippen molar-refractivity contribution in [2.75, 3.05) is 65.2 Å². The predicted molar refractivity (Wildman–Crippen MR) is 80.2 cm³/mol. The molecule has 0 fully saturated rings. The summed E-state index contributed by atoms with van der Waals surface area (Å²) in [5, 5.41) is 6.23. The molecule has 0 unspecified atom stereocenters. The van der Waals surface area contributed by atoms with Crippen molar-refractivity contribution in [1.82, 2.24) is 14.9 Å². The van der Waals surface area contributed by atoms with Crippen molar-refractivity contribution >= 4 is 11.6 Å². The zero-order valence-electron chi connectivity index (χ0n) is 12.8. The van der Waals surface area contributed by atoms with Crippen LogP contribution in [-0.4, -0.2) is 69.4 Å². The van der Waals surface area contributed by atoms with Gasteiger partial charge in [-0.2, -0.15) is 0 Å². The van der Waals surface area contributed by atoms with Crippen LogP contribution in [0.25, 0.3) is 0 Å². The Morgan fingerprint density at radius 3 is 2.60 bits per heavy atom. The van der Waals surface area contributed by atoms with E-state index in [1.165, 1.54) is 0 Å². The summed E-state index contributed by atoms with van der Waals surface area (Å²) in [5.74, 6) is 2.19. The number of nitrogens with zero attached hydrogens (tertiary/aromatic N) is 3. The van der Waals surface area contributed by atoms with Crippen molar-refractivity contribution in [2.24, 2.45) is 0 Å². The van der Waals surface area contributed by atoms with Gasteiger partial charge in [0.2, 0.25) is 0 Å². The molecule has 0 aromatic carbocycles. The molecule has 1 heterocycles. The molecule has 0 radical (unpaired) electrons. The third kappa shape index (κ3) is 6.65. The summed E-state index contributed by atoms with van der Waals surface area (Å²) in [7, 11) is 7.51. The van der Waals surface area contributed by atoms with E-state index in [9.17, 15) is 0 Å². The second-order valence-corrected chi connectivity index (χ2v) is 4.58. The van der Waals surface area contributed by atoms with Crippen LogP contribution in [-0.2, 0) is 16.1 Å². The van der Waals surface area contributed by atoms with Gasteiger partial charge >= 0.3 is 0 Å². The van der Waals surface area contributed by atoms with Crippen LogP contribution in [0, 0.1) is 0 Å². The van der Waals surface area contributed by atoms with Crippen molar-refractivity contribution in [3.05, 3.63) is 11.9 Å². The average Bonchev–Trinajstić information content (AvgIpc) is 2.42. The minimum Gasteiger partial charge on any atom is -0.378 e. The zero-order chi connectivity index (χ0) is 14.8. The van der Waals surface area contributed by atoms with Crippen molar-refractivity contribution in [1.29, 1.82) is 0 Å². The zero-order valence-corrected chi connectivity index (χ0v) is 12.8. The number of likely N-dealkylation sites (N-methyl/N-ethyl adjacent to an activating group) is 1. The smallest absolute Gasteiger partial charge is 0.158 e. The van der Waals surface area contributed by atoms with Crippen LogP contribution in [0.2, 0.25) is 0 Å². The first-order valence-electron chi connectivity index (χ1n) is 6.66. The highest BCUT2D eigenvalue weighted by atomic mass is 16.5. The maximum atomic E-state index is 5.51. The molecule has 0 aliphatic heterocycles. The Labute approximate surface area is 120 Å². The average molecular weight is 283 g/mol. The third-order valence-electron chi connectivity index (χ3n) is 2.54. The highest BCUT2D eigenvalue weighted by Gasteiger charge is 2.03. The lowest BCUT2D eigenvalue weighted by molar-refractivity contribution is 0.126. The van der Waals surface area contributed by atoms with Crippen molar-refractivity contribution < 1.29 is 9.47 Å². The summed E-state index contributed by atoms with van der Waals surface area (Å²) in [5.41, 5.74) is 0. The quantitative estimate of drug-likeness (QED) is 0.611. The molecular weight excluding hydrogens is 258 g/mol. The minimum atomic E-state index is 0.392. The molecule has 0 saturated heterocycles. The molecule has 0 saturated carbocycles. The lowest BCUT2D eigenvalue weighted by Crippen LogP contribution is -2.20. The Kier molecular flexibility index (Phi) is 7.86. The molecule has 0 aliphatic rings. The summed E-state index contributed by atoms with van der Waals surface area (Å²) < 4.78 is 10.6. The first kappa shape index (κ1) is 16.6. The highest BCUT2D eigenvalue weighted by Crippen LogP contribution is 2.11. The van der Waals surface area contributed by atoms with Crippen LogP contribution in [0.4, 0.5) is 11.6 Å². The monoisotopic (exact) mass is 283 g/mol.